The average molecular weight is 483 g/mol. The molecule has 1 aromatic heterocycles. The van der Waals surface area contributed by atoms with Crippen molar-refractivity contribution >= 4 is 15.9 Å². The Morgan fingerprint density at radius 1 is 1.00 bits per heavy atom. The first-order valence-corrected chi connectivity index (χ1v) is 12.8. The van der Waals surface area contributed by atoms with Crippen LogP contribution in [0, 0.1) is 13.8 Å². The molecule has 1 saturated heterocycles. The molecule has 4 rings (SSSR count). The molecule has 1 aliphatic rings. The number of hydrogen-bond donors (Lipinski definition) is 1. The highest BCUT2D eigenvalue weighted by molar-refractivity contribution is 7.89. The summed E-state index contributed by atoms with van der Waals surface area (Å²) >= 11 is 0. The minimum Gasteiger partial charge on any atom is -0.360 e. The third kappa shape index (κ3) is 5.22. The number of nitrogens with one attached hydrogen (secondary N) is 1. The fourth-order valence-electron chi connectivity index (χ4n) is 4.27. The molecule has 0 aliphatic carbocycles. The van der Waals surface area contributed by atoms with Gasteiger partial charge in [0.05, 0.1) is 12.6 Å². The summed E-state index contributed by atoms with van der Waals surface area (Å²) in [5.41, 5.74) is 3.68. The molecule has 8 nitrogen and oxygen atoms in total. The predicted molar refractivity (Wildman–Crippen MR) is 130 cm³/mol. The predicted octanol–water partition coefficient (Wildman–Crippen LogP) is 3.14. The number of sulfonamides is 1. The molecule has 2 aromatic carbocycles. The summed E-state index contributed by atoms with van der Waals surface area (Å²) in [5, 5.41) is 6.81. The van der Waals surface area contributed by atoms with Gasteiger partial charge in [-0.2, -0.15) is 4.31 Å². The molecule has 0 bridgehead atoms. The van der Waals surface area contributed by atoms with E-state index in [1.54, 1.807) is 13.8 Å². The van der Waals surface area contributed by atoms with Gasteiger partial charge in [0.1, 0.15) is 10.6 Å². The van der Waals surface area contributed by atoms with Crippen molar-refractivity contribution in [3.05, 3.63) is 71.6 Å². The van der Waals surface area contributed by atoms with Crippen LogP contribution in [0.3, 0.4) is 0 Å². The molecule has 1 aliphatic heterocycles. The molecule has 0 radical (unpaired) electrons. The van der Waals surface area contributed by atoms with Gasteiger partial charge in [-0.15, -0.1) is 0 Å². The lowest BCUT2D eigenvalue weighted by Gasteiger charge is -2.33. The van der Waals surface area contributed by atoms with Gasteiger partial charge in [0, 0.05) is 26.2 Å². The maximum Gasteiger partial charge on any atom is 0.248 e. The van der Waals surface area contributed by atoms with Crippen LogP contribution in [-0.2, 0) is 14.8 Å². The second-order valence-corrected chi connectivity index (χ2v) is 10.5. The minimum atomic E-state index is -3.66. The average Bonchev–Trinajstić information content (AvgIpc) is 3.18. The molecule has 34 heavy (non-hydrogen) atoms. The van der Waals surface area contributed by atoms with Gasteiger partial charge in [0.25, 0.3) is 0 Å². The zero-order chi connectivity index (χ0) is 24.3. The number of benzene rings is 2. The molecule has 1 N–H and O–H groups in total. The Balaban J connectivity index is 1.29. The van der Waals surface area contributed by atoms with Gasteiger partial charge in [0.15, 0.2) is 5.76 Å². The van der Waals surface area contributed by atoms with Crippen LogP contribution >= 0.6 is 0 Å². The van der Waals surface area contributed by atoms with E-state index < -0.39 is 10.0 Å². The van der Waals surface area contributed by atoms with E-state index in [0.29, 0.717) is 37.6 Å². The summed E-state index contributed by atoms with van der Waals surface area (Å²) in [7, 11) is -3.66. The molecule has 1 fully saturated rings. The van der Waals surface area contributed by atoms with E-state index in [-0.39, 0.29) is 23.4 Å². The van der Waals surface area contributed by atoms with Crippen molar-refractivity contribution in [3.8, 4) is 11.1 Å². The number of carbonyl (C=O) groups is 1. The van der Waals surface area contributed by atoms with Gasteiger partial charge in [0.2, 0.25) is 15.9 Å². The monoisotopic (exact) mass is 482 g/mol. The second kappa shape index (κ2) is 10.1. The summed E-state index contributed by atoms with van der Waals surface area (Å²) < 4.78 is 32.4. The molecular weight excluding hydrogens is 452 g/mol. The number of piperazine rings is 1. The highest BCUT2D eigenvalue weighted by atomic mass is 32.2. The Hall–Kier alpha value is -3.01. The summed E-state index contributed by atoms with van der Waals surface area (Å²) in [5.74, 6) is 0.215. The maximum absolute atomic E-state index is 13.0. The molecule has 1 unspecified atom stereocenters. The van der Waals surface area contributed by atoms with Crippen molar-refractivity contribution in [2.75, 3.05) is 32.7 Å². The normalized spacial score (nSPS) is 16.3. The highest BCUT2D eigenvalue weighted by Gasteiger charge is 2.33. The van der Waals surface area contributed by atoms with Gasteiger partial charge in [-0.3, -0.25) is 9.69 Å². The van der Waals surface area contributed by atoms with E-state index in [0.717, 1.165) is 16.7 Å². The summed E-state index contributed by atoms with van der Waals surface area (Å²) in [6, 6.07) is 18.2. The van der Waals surface area contributed by atoms with Crippen LogP contribution < -0.4 is 5.32 Å². The molecule has 0 spiro atoms. The van der Waals surface area contributed by atoms with E-state index in [4.69, 9.17) is 4.52 Å². The largest absolute Gasteiger partial charge is 0.360 e. The lowest BCUT2D eigenvalue weighted by molar-refractivity contribution is -0.123. The highest BCUT2D eigenvalue weighted by Crippen LogP contribution is 2.24. The Bertz CT molecular complexity index is 1210. The number of rotatable bonds is 7. The van der Waals surface area contributed by atoms with Crippen LogP contribution in [0.5, 0.6) is 0 Å². The van der Waals surface area contributed by atoms with Crippen LogP contribution in [0.2, 0.25) is 0 Å². The van der Waals surface area contributed by atoms with Crippen LogP contribution in [-0.4, -0.2) is 61.4 Å². The van der Waals surface area contributed by atoms with E-state index in [2.05, 4.69) is 34.7 Å². The summed E-state index contributed by atoms with van der Waals surface area (Å²) in [6.07, 6.45) is 0. The van der Waals surface area contributed by atoms with Gasteiger partial charge in [-0.25, -0.2) is 8.42 Å². The quantitative estimate of drug-likeness (QED) is 0.556. The maximum atomic E-state index is 13.0. The molecule has 9 heteroatoms. The number of aromatic nitrogens is 1. The van der Waals surface area contributed by atoms with Gasteiger partial charge in [-0.05, 0) is 37.5 Å². The van der Waals surface area contributed by atoms with Crippen LogP contribution in [0.1, 0.15) is 30.0 Å². The van der Waals surface area contributed by atoms with Crippen molar-refractivity contribution < 1.29 is 17.7 Å². The Labute approximate surface area is 200 Å². The number of amides is 1. The van der Waals surface area contributed by atoms with Crippen molar-refractivity contribution in [1.29, 1.82) is 0 Å². The van der Waals surface area contributed by atoms with E-state index >= 15 is 0 Å². The zero-order valence-electron chi connectivity index (χ0n) is 19.7. The molecular formula is C25H30N4O4S. The van der Waals surface area contributed by atoms with E-state index in [1.807, 2.05) is 42.2 Å². The summed E-state index contributed by atoms with van der Waals surface area (Å²) in [6.45, 7) is 7.01. The molecule has 0 saturated carbocycles. The zero-order valence-corrected chi connectivity index (χ0v) is 20.5. The SMILES string of the molecule is Cc1noc(C)c1S(=O)(=O)N1CCN(CC(=O)NC(C)c2ccc(-c3ccccc3)cc2)CC1. The lowest BCUT2D eigenvalue weighted by Crippen LogP contribution is -2.51. The van der Waals surface area contributed by atoms with Crippen molar-refractivity contribution in [3.63, 3.8) is 0 Å². The molecule has 180 valence electrons. The van der Waals surface area contributed by atoms with Crippen LogP contribution in [0.4, 0.5) is 0 Å². The van der Waals surface area contributed by atoms with Gasteiger partial charge < -0.3 is 9.84 Å². The van der Waals surface area contributed by atoms with Crippen molar-refractivity contribution in [2.45, 2.75) is 31.7 Å². The first kappa shape index (κ1) is 24.1. The topological polar surface area (TPSA) is 95.8 Å². The standard InChI is InChI=1S/C25H30N4O4S/c1-18(21-9-11-23(12-10-21)22-7-5-4-6-8-22)26-24(30)17-28-13-15-29(16-14-28)34(31,32)25-19(2)27-33-20(25)3/h4-12,18H,13-17H2,1-3H3,(H,26,30). The van der Waals surface area contributed by atoms with Crippen LogP contribution in [0.15, 0.2) is 64.0 Å². The van der Waals surface area contributed by atoms with E-state index in [1.165, 1.54) is 4.31 Å². The fourth-order valence-corrected chi connectivity index (χ4v) is 5.98. The lowest BCUT2D eigenvalue weighted by atomic mass is 10.0. The first-order chi connectivity index (χ1) is 16.3. The number of hydrogen-bond acceptors (Lipinski definition) is 6. The Kier molecular flexibility index (Phi) is 7.16. The van der Waals surface area contributed by atoms with Gasteiger partial charge >= 0.3 is 0 Å². The van der Waals surface area contributed by atoms with Gasteiger partial charge in [-0.1, -0.05) is 59.8 Å². The fraction of sp³-hybridized carbons (Fsp3) is 0.360. The number of carbonyl (C=O) groups excluding carboxylic acids is 1. The third-order valence-corrected chi connectivity index (χ3v) is 8.30. The molecule has 1 atom stereocenters. The summed E-state index contributed by atoms with van der Waals surface area (Å²) in [4.78, 5) is 14.7. The number of nitrogens with zero attached hydrogens (tertiary/aromatic N) is 3. The second-order valence-electron chi connectivity index (χ2n) is 8.61. The third-order valence-electron chi connectivity index (χ3n) is 6.16. The molecule has 2 heterocycles. The Morgan fingerprint density at radius 2 is 1.62 bits per heavy atom. The minimum absolute atomic E-state index is 0.0818. The molecule has 3 aromatic rings. The number of aryl methyl sites for hydroxylation is 2. The van der Waals surface area contributed by atoms with Crippen molar-refractivity contribution in [2.24, 2.45) is 0 Å². The molecule has 1 amide bonds. The first-order valence-electron chi connectivity index (χ1n) is 11.4. The Morgan fingerprint density at radius 3 is 2.21 bits per heavy atom. The van der Waals surface area contributed by atoms with Crippen molar-refractivity contribution in [1.82, 2.24) is 19.7 Å². The van der Waals surface area contributed by atoms with Crippen LogP contribution in [0.25, 0.3) is 11.1 Å². The smallest absolute Gasteiger partial charge is 0.248 e. The van der Waals surface area contributed by atoms with E-state index in [9.17, 15) is 13.2 Å².